The number of carbonyl (C=O) groups is 2. The summed E-state index contributed by atoms with van der Waals surface area (Å²) in [6.07, 6.45) is 16.4. The molecule has 0 bridgehead atoms. The van der Waals surface area contributed by atoms with Gasteiger partial charge in [-0.15, -0.1) is 0 Å². The van der Waals surface area contributed by atoms with Crippen molar-refractivity contribution in [3.63, 3.8) is 0 Å². The molecule has 0 aromatic heterocycles. The third-order valence-electron chi connectivity index (χ3n) is 4.78. The maximum Gasteiger partial charge on any atom is 0.269 e. The van der Waals surface area contributed by atoms with E-state index in [4.69, 9.17) is 0 Å². The fourth-order valence-electron chi connectivity index (χ4n) is 2.88. The molecule has 0 saturated heterocycles. The van der Waals surface area contributed by atoms with Crippen molar-refractivity contribution in [2.45, 2.75) is 0 Å². The van der Waals surface area contributed by atoms with Gasteiger partial charge in [0.15, 0.2) is 11.6 Å². The van der Waals surface area contributed by atoms with E-state index >= 15 is 0 Å². The summed E-state index contributed by atoms with van der Waals surface area (Å²) in [5.74, 6) is -0.154. The second-order valence-corrected chi connectivity index (χ2v) is 7.26. The third-order valence-corrected chi connectivity index (χ3v) is 4.78. The first-order valence-corrected chi connectivity index (χ1v) is 10.5. The Hall–Kier alpha value is -4.86. The molecule has 0 spiro atoms. The van der Waals surface area contributed by atoms with E-state index in [0.29, 0.717) is 22.5 Å². The van der Waals surface area contributed by atoms with Gasteiger partial charge in [-0.2, -0.15) is 0 Å². The van der Waals surface area contributed by atoms with Crippen molar-refractivity contribution in [2.24, 2.45) is 0 Å². The molecule has 2 aliphatic carbocycles. The van der Waals surface area contributed by atoms with Crippen LogP contribution in [0.3, 0.4) is 0 Å². The number of ketones is 2. The second kappa shape index (κ2) is 13.9. The molecule has 0 atom stereocenters. The van der Waals surface area contributed by atoms with E-state index in [1.165, 1.54) is 36.4 Å². The number of nitrogens with one attached hydrogen (secondary N) is 2. The normalized spacial score (nSPS) is 15.6. The average Bonchev–Trinajstić information content (AvgIpc) is 2.88. The topological polar surface area (TPSA) is 144 Å². The summed E-state index contributed by atoms with van der Waals surface area (Å²) in [7, 11) is 0. The van der Waals surface area contributed by atoms with Gasteiger partial charge in [0.25, 0.3) is 11.4 Å². The van der Waals surface area contributed by atoms with Gasteiger partial charge in [-0.05, 0) is 48.6 Å². The van der Waals surface area contributed by atoms with Crippen LogP contribution in [0.15, 0.2) is 121 Å². The summed E-state index contributed by atoms with van der Waals surface area (Å²) in [5.41, 5.74) is 2.51. The maximum atomic E-state index is 11.4. The van der Waals surface area contributed by atoms with Crippen molar-refractivity contribution in [1.29, 1.82) is 0 Å². The third kappa shape index (κ3) is 8.70. The van der Waals surface area contributed by atoms with Crippen LogP contribution < -0.4 is 10.6 Å². The number of benzene rings is 2. The van der Waals surface area contributed by atoms with Crippen molar-refractivity contribution in [3.05, 3.63) is 141 Å². The zero-order valence-corrected chi connectivity index (χ0v) is 20.0. The maximum absolute atomic E-state index is 11.4. The standard InChI is InChI=1S/2C13H10N2O3.Cu/c2*16-13-4-2-1-3-10(13)9-14-11-5-7-12(8-6-11)15(17)18;/h2*1-9,14H;/b2*10-9-;. The molecule has 0 saturated carbocycles. The first-order valence-electron chi connectivity index (χ1n) is 10.5. The van der Waals surface area contributed by atoms with Crippen LogP contribution in [-0.2, 0) is 26.7 Å². The summed E-state index contributed by atoms with van der Waals surface area (Å²) in [6.45, 7) is 0. The number of hydrogen-bond donors (Lipinski definition) is 2. The molecule has 4 rings (SSSR count). The van der Waals surface area contributed by atoms with Crippen LogP contribution in [0.1, 0.15) is 0 Å². The fourth-order valence-corrected chi connectivity index (χ4v) is 2.88. The summed E-state index contributed by atoms with van der Waals surface area (Å²) >= 11 is 0. The van der Waals surface area contributed by atoms with Gasteiger partial charge in [0.2, 0.25) is 0 Å². The summed E-state index contributed by atoms with van der Waals surface area (Å²) < 4.78 is 0. The summed E-state index contributed by atoms with van der Waals surface area (Å²) in [6, 6.07) is 11.9. The van der Waals surface area contributed by atoms with E-state index in [1.54, 1.807) is 73.1 Å². The Kier molecular flexibility index (Phi) is 10.6. The van der Waals surface area contributed by atoms with Gasteiger partial charge in [-0.25, -0.2) is 0 Å². The Morgan fingerprint density at radius 2 is 0.892 bits per heavy atom. The van der Waals surface area contributed by atoms with Gasteiger partial charge >= 0.3 is 0 Å². The Balaban J connectivity index is 0.000000253. The number of allylic oxidation sites excluding steroid dienone is 10. The minimum Gasteiger partial charge on any atom is -0.361 e. The van der Waals surface area contributed by atoms with Crippen LogP contribution in [0.2, 0.25) is 0 Å². The number of nitro benzene ring substituents is 2. The minimum absolute atomic E-state index is 0. The Morgan fingerprint density at radius 3 is 1.19 bits per heavy atom. The molecule has 191 valence electrons. The molecule has 0 heterocycles. The van der Waals surface area contributed by atoms with Crippen LogP contribution in [0.5, 0.6) is 0 Å². The second-order valence-electron chi connectivity index (χ2n) is 7.26. The molecular weight excluding hydrogens is 528 g/mol. The molecule has 2 aliphatic rings. The molecule has 2 N–H and O–H groups in total. The van der Waals surface area contributed by atoms with Gasteiger partial charge in [0.05, 0.1) is 9.85 Å². The Morgan fingerprint density at radius 1 is 0.568 bits per heavy atom. The van der Waals surface area contributed by atoms with Crippen LogP contribution in [0.4, 0.5) is 22.7 Å². The average molecular weight is 548 g/mol. The van der Waals surface area contributed by atoms with E-state index < -0.39 is 9.85 Å². The zero-order valence-electron chi connectivity index (χ0n) is 19.0. The van der Waals surface area contributed by atoms with Gasteiger partial charge in [-0.3, -0.25) is 29.8 Å². The smallest absolute Gasteiger partial charge is 0.269 e. The molecule has 1 radical (unpaired) electrons. The number of nitro groups is 2. The van der Waals surface area contributed by atoms with Gasteiger partial charge in [0, 0.05) is 76.3 Å². The molecule has 11 heteroatoms. The number of hydrogen-bond acceptors (Lipinski definition) is 8. The van der Waals surface area contributed by atoms with E-state index in [1.807, 2.05) is 0 Å². The molecule has 2 aromatic rings. The fraction of sp³-hybridized carbons (Fsp3) is 0. The molecule has 2 aromatic carbocycles. The van der Waals surface area contributed by atoms with Crippen molar-refractivity contribution in [1.82, 2.24) is 0 Å². The van der Waals surface area contributed by atoms with Crippen molar-refractivity contribution >= 4 is 34.3 Å². The summed E-state index contributed by atoms with van der Waals surface area (Å²) in [5, 5.41) is 26.8. The molecule has 37 heavy (non-hydrogen) atoms. The predicted octanol–water partition coefficient (Wildman–Crippen LogP) is 5.17. The van der Waals surface area contributed by atoms with Gasteiger partial charge < -0.3 is 10.6 Å². The molecule has 0 amide bonds. The van der Waals surface area contributed by atoms with E-state index in [2.05, 4.69) is 10.6 Å². The number of non-ortho nitro benzene ring substituents is 2. The number of rotatable bonds is 6. The zero-order chi connectivity index (χ0) is 25.9. The van der Waals surface area contributed by atoms with Gasteiger partial charge in [-0.1, -0.05) is 24.3 Å². The first kappa shape index (κ1) is 28.4. The van der Waals surface area contributed by atoms with Crippen LogP contribution in [-0.4, -0.2) is 21.4 Å². The van der Waals surface area contributed by atoms with Crippen molar-refractivity contribution < 1.29 is 36.5 Å². The molecular formula is C26H20CuN4O6. The van der Waals surface area contributed by atoms with Gasteiger partial charge in [0.1, 0.15) is 0 Å². The SMILES string of the molecule is O=C1C=CC=C/C1=C/Nc1ccc([N+](=O)[O-])cc1.O=C1C=CC=C/C1=C/Nc1ccc([N+](=O)[O-])cc1.[Cu]. The monoisotopic (exact) mass is 547 g/mol. The molecule has 0 aliphatic heterocycles. The summed E-state index contributed by atoms with van der Waals surface area (Å²) in [4.78, 5) is 42.9. The van der Waals surface area contributed by atoms with Crippen LogP contribution >= 0.6 is 0 Å². The van der Waals surface area contributed by atoms with E-state index in [-0.39, 0.29) is 40.0 Å². The first-order chi connectivity index (χ1) is 17.3. The number of carbonyl (C=O) groups excluding carboxylic acids is 2. The number of nitrogens with zero attached hydrogens (tertiary/aromatic N) is 2. The Bertz CT molecular complexity index is 1250. The largest absolute Gasteiger partial charge is 0.361 e. The van der Waals surface area contributed by atoms with Crippen LogP contribution in [0, 0.1) is 20.2 Å². The molecule has 0 fully saturated rings. The van der Waals surface area contributed by atoms with Crippen LogP contribution in [0.25, 0.3) is 0 Å². The Labute approximate surface area is 222 Å². The molecule has 10 nitrogen and oxygen atoms in total. The minimum atomic E-state index is -0.458. The molecule has 0 unspecified atom stereocenters. The van der Waals surface area contributed by atoms with Crippen molar-refractivity contribution in [2.75, 3.05) is 10.6 Å². The quantitative estimate of drug-likeness (QED) is 0.218. The van der Waals surface area contributed by atoms with Crippen molar-refractivity contribution in [3.8, 4) is 0 Å². The van der Waals surface area contributed by atoms with E-state index in [0.717, 1.165) is 0 Å². The number of anilines is 2. The van der Waals surface area contributed by atoms with E-state index in [9.17, 15) is 29.8 Å². The predicted molar refractivity (Wildman–Crippen MR) is 136 cm³/mol.